The van der Waals surface area contributed by atoms with Crippen molar-refractivity contribution in [1.82, 2.24) is 0 Å². The highest BCUT2D eigenvalue weighted by Gasteiger charge is 2.32. The first-order chi connectivity index (χ1) is 8.11. The maximum Gasteiger partial charge on any atom is 0.347 e. The van der Waals surface area contributed by atoms with Gasteiger partial charge in [0, 0.05) is 5.02 Å². The van der Waals surface area contributed by atoms with Gasteiger partial charge in [-0.05, 0) is 25.1 Å². The Balaban J connectivity index is 2.25. The predicted molar refractivity (Wildman–Crippen MR) is 61.4 cm³/mol. The van der Waals surface area contributed by atoms with Gasteiger partial charge in [0.05, 0.1) is 18.6 Å². The van der Waals surface area contributed by atoms with Crippen LogP contribution in [0.5, 0.6) is 5.75 Å². The zero-order valence-corrected chi connectivity index (χ0v) is 9.99. The number of fused-ring (bicyclic) bond motifs is 1. The summed E-state index contributed by atoms with van der Waals surface area (Å²) in [5.41, 5.74) is 0.415. The Morgan fingerprint density at radius 3 is 3.06 bits per heavy atom. The molecule has 1 atom stereocenters. The van der Waals surface area contributed by atoms with Crippen molar-refractivity contribution in [1.29, 1.82) is 0 Å². The first kappa shape index (κ1) is 11.9. The number of hydrogen-bond acceptors (Lipinski definition) is 4. The van der Waals surface area contributed by atoms with Gasteiger partial charge in [0.2, 0.25) is 6.10 Å². The van der Waals surface area contributed by atoms with E-state index in [2.05, 4.69) is 0 Å². The third-order valence-corrected chi connectivity index (χ3v) is 2.67. The molecule has 1 heterocycles. The Kier molecular flexibility index (Phi) is 3.33. The molecule has 0 saturated carbocycles. The van der Waals surface area contributed by atoms with Crippen LogP contribution < -0.4 is 4.74 Å². The van der Waals surface area contributed by atoms with Gasteiger partial charge in [0.1, 0.15) is 5.75 Å². The Bertz CT molecular complexity index is 470. The van der Waals surface area contributed by atoms with Crippen LogP contribution in [0.2, 0.25) is 5.02 Å². The molecule has 2 rings (SSSR count). The fourth-order valence-corrected chi connectivity index (χ4v) is 1.83. The number of Topliss-reactive ketones (excluding diaryl/α,β-unsaturated/α-hetero) is 1. The lowest BCUT2D eigenvalue weighted by Crippen LogP contribution is -2.35. The van der Waals surface area contributed by atoms with E-state index in [0.717, 1.165) is 0 Å². The quantitative estimate of drug-likeness (QED) is 0.760. The van der Waals surface area contributed by atoms with Crippen molar-refractivity contribution in [3.05, 3.63) is 28.8 Å². The molecule has 17 heavy (non-hydrogen) atoms. The minimum Gasteiger partial charge on any atom is -0.477 e. The van der Waals surface area contributed by atoms with Crippen LogP contribution in [0.4, 0.5) is 0 Å². The van der Waals surface area contributed by atoms with Crippen molar-refractivity contribution < 1.29 is 19.1 Å². The molecule has 4 nitrogen and oxygen atoms in total. The summed E-state index contributed by atoms with van der Waals surface area (Å²) in [6.45, 7) is 1.97. The molecule has 90 valence electrons. The van der Waals surface area contributed by atoms with Gasteiger partial charge in [0.25, 0.3) is 0 Å². The fourth-order valence-electron chi connectivity index (χ4n) is 1.66. The van der Waals surface area contributed by atoms with E-state index >= 15 is 0 Å². The van der Waals surface area contributed by atoms with Crippen molar-refractivity contribution in [3.63, 3.8) is 0 Å². The second-order valence-corrected chi connectivity index (χ2v) is 4.06. The highest BCUT2D eigenvalue weighted by atomic mass is 35.5. The molecular weight excluding hydrogens is 244 g/mol. The monoisotopic (exact) mass is 254 g/mol. The molecule has 1 aromatic rings. The maximum atomic E-state index is 11.8. The summed E-state index contributed by atoms with van der Waals surface area (Å²) in [4.78, 5) is 23.3. The normalized spacial score (nSPS) is 18.2. The second-order valence-electron chi connectivity index (χ2n) is 3.63. The van der Waals surface area contributed by atoms with E-state index in [1.54, 1.807) is 25.1 Å². The molecule has 5 heteroatoms. The Hall–Kier alpha value is -1.55. The van der Waals surface area contributed by atoms with Crippen molar-refractivity contribution in [2.75, 3.05) is 6.61 Å². The molecule has 0 fully saturated rings. The first-order valence-electron chi connectivity index (χ1n) is 5.28. The molecule has 0 amide bonds. The van der Waals surface area contributed by atoms with Crippen molar-refractivity contribution in [2.24, 2.45) is 0 Å². The summed E-state index contributed by atoms with van der Waals surface area (Å²) in [5, 5.41) is 0.468. The summed E-state index contributed by atoms with van der Waals surface area (Å²) >= 11 is 5.79. The standard InChI is InChI=1S/C12H11ClO4/c1-2-16-12(15)11-6-9(14)8-5-7(13)3-4-10(8)17-11/h3-5,11H,2,6H2,1H3. The number of esters is 1. The zero-order valence-electron chi connectivity index (χ0n) is 9.23. The SMILES string of the molecule is CCOC(=O)C1CC(=O)c2cc(Cl)ccc2O1. The van der Waals surface area contributed by atoms with Gasteiger partial charge in [-0.3, -0.25) is 4.79 Å². The van der Waals surface area contributed by atoms with Crippen LogP contribution in [-0.4, -0.2) is 24.5 Å². The number of carbonyl (C=O) groups excluding carboxylic acids is 2. The zero-order chi connectivity index (χ0) is 12.4. The second kappa shape index (κ2) is 4.75. The van der Waals surface area contributed by atoms with Crippen molar-refractivity contribution in [3.8, 4) is 5.75 Å². The molecule has 1 aliphatic rings. The fraction of sp³-hybridized carbons (Fsp3) is 0.333. The molecule has 0 spiro atoms. The molecule has 1 unspecified atom stereocenters. The highest BCUT2D eigenvalue weighted by molar-refractivity contribution is 6.31. The Morgan fingerprint density at radius 2 is 2.35 bits per heavy atom. The summed E-state index contributed by atoms with van der Waals surface area (Å²) < 4.78 is 10.2. The minimum absolute atomic E-state index is 0.00776. The summed E-state index contributed by atoms with van der Waals surface area (Å²) in [5.74, 6) is -0.294. The first-order valence-corrected chi connectivity index (χ1v) is 5.65. The molecule has 0 saturated heterocycles. The Morgan fingerprint density at radius 1 is 1.59 bits per heavy atom. The molecule has 0 radical (unpaired) electrons. The third-order valence-electron chi connectivity index (χ3n) is 2.43. The van der Waals surface area contributed by atoms with E-state index in [9.17, 15) is 9.59 Å². The lowest BCUT2D eigenvalue weighted by Gasteiger charge is -2.23. The Labute approximate surface area is 103 Å². The van der Waals surface area contributed by atoms with Gasteiger partial charge in [-0.1, -0.05) is 11.6 Å². The number of ether oxygens (including phenoxy) is 2. The average molecular weight is 255 g/mol. The van der Waals surface area contributed by atoms with Crippen LogP contribution in [0.25, 0.3) is 0 Å². The average Bonchev–Trinajstić information content (AvgIpc) is 2.30. The van der Waals surface area contributed by atoms with E-state index in [4.69, 9.17) is 21.1 Å². The predicted octanol–water partition coefficient (Wildman–Crippen LogP) is 2.24. The van der Waals surface area contributed by atoms with Gasteiger partial charge in [0.15, 0.2) is 5.78 Å². The van der Waals surface area contributed by atoms with Gasteiger partial charge in [-0.25, -0.2) is 4.79 Å². The lowest BCUT2D eigenvalue weighted by molar-refractivity contribution is -0.151. The summed E-state index contributed by atoms with van der Waals surface area (Å²) in [6.07, 6.45) is -0.859. The molecule has 0 aromatic heterocycles. The van der Waals surface area contributed by atoms with E-state index in [1.165, 1.54) is 0 Å². The van der Waals surface area contributed by atoms with Gasteiger partial charge >= 0.3 is 5.97 Å². The molecule has 0 bridgehead atoms. The van der Waals surface area contributed by atoms with Crippen molar-refractivity contribution in [2.45, 2.75) is 19.4 Å². The van der Waals surface area contributed by atoms with Crippen LogP contribution in [0, 0.1) is 0 Å². The number of rotatable bonds is 2. The molecule has 0 aliphatic carbocycles. The lowest BCUT2D eigenvalue weighted by atomic mass is 10.0. The number of carbonyl (C=O) groups is 2. The number of halogens is 1. The van der Waals surface area contributed by atoms with E-state index in [0.29, 0.717) is 16.3 Å². The maximum absolute atomic E-state index is 11.8. The number of hydrogen-bond donors (Lipinski definition) is 0. The van der Waals surface area contributed by atoms with Gasteiger partial charge < -0.3 is 9.47 Å². The summed E-state index contributed by atoms with van der Waals surface area (Å²) in [6, 6.07) is 4.74. The van der Waals surface area contributed by atoms with Crippen LogP contribution in [0.3, 0.4) is 0 Å². The number of benzene rings is 1. The minimum atomic E-state index is -0.851. The van der Waals surface area contributed by atoms with Crippen LogP contribution in [0.15, 0.2) is 18.2 Å². The molecular formula is C12H11ClO4. The van der Waals surface area contributed by atoms with E-state index < -0.39 is 12.1 Å². The molecule has 1 aromatic carbocycles. The summed E-state index contributed by atoms with van der Waals surface area (Å²) in [7, 11) is 0. The van der Waals surface area contributed by atoms with Crippen molar-refractivity contribution >= 4 is 23.4 Å². The van der Waals surface area contributed by atoms with Crippen LogP contribution in [0.1, 0.15) is 23.7 Å². The van der Waals surface area contributed by atoms with Gasteiger partial charge in [-0.15, -0.1) is 0 Å². The molecule has 0 N–H and O–H groups in total. The van der Waals surface area contributed by atoms with Crippen LogP contribution in [-0.2, 0) is 9.53 Å². The molecule has 1 aliphatic heterocycles. The third kappa shape index (κ3) is 2.42. The van der Waals surface area contributed by atoms with E-state index in [1.807, 2.05) is 0 Å². The smallest absolute Gasteiger partial charge is 0.347 e. The largest absolute Gasteiger partial charge is 0.477 e. The topological polar surface area (TPSA) is 52.6 Å². The highest BCUT2D eigenvalue weighted by Crippen LogP contribution is 2.30. The van der Waals surface area contributed by atoms with Crippen LogP contribution >= 0.6 is 11.6 Å². The number of ketones is 1. The van der Waals surface area contributed by atoms with Gasteiger partial charge in [-0.2, -0.15) is 0 Å². The van der Waals surface area contributed by atoms with E-state index in [-0.39, 0.29) is 18.8 Å².